The molecule has 0 fully saturated rings. The number of hydrogen-bond donors (Lipinski definition) is 2. The van der Waals surface area contributed by atoms with Crippen molar-refractivity contribution in [3.63, 3.8) is 0 Å². The first-order valence-corrected chi connectivity index (χ1v) is 7.77. The van der Waals surface area contributed by atoms with Gasteiger partial charge in [-0.3, -0.25) is 10.1 Å². The molecule has 0 amide bonds. The molecule has 0 atom stereocenters. The summed E-state index contributed by atoms with van der Waals surface area (Å²) >= 11 is 0.670. The molecule has 9 heteroatoms. The molecule has 7 nitrogen and oxygen atoms in total. The van der Waals surface area contributed by atoms with Crippen molar-refractivity contribution >= 4 is 32.0 Å². The number of sulfonamides is 1. The van der Waals surface area contributed by atoms with Crippen LogP contribution in [0.3, 0.4) is 0 Å². The molecule has 0 bridgehead atoms. The molecule has 2 rings (SSSR count). The summed E-state index contributed by atoms with van der Waals surface area (Å²) in [5, 5.41) is 10.5. The molecule has 1 aromatic carbocycles. The van der Waals surface area contributed by atoms with Gasteiger partial charge in [0.2, 0.25) is 0 Å². The van der Waals surface area contributed by atoms with E-state index in [0.29, 0.717) is 11.3 Å². The summed E-state index contributed by atoms with van der Waals surface area (Å²) in [5.74, 6) is 0. The van der Waals surface area contributed by atoms with Crippen LogP contribution in [0.2, 0.25) is 0 Å². The van der Waals surface area contributed by atoms with Crippen LogP contribution in [0.1, 0.15) is 5.56 Å². The van der Waals surface area contributed by atoms with Gasteiger partial charge in [-0.1, -0.05) is 41.7 Å². The minimum atomic E-state index is -3.81. The molecular weight excluding hydrogens is 302 g/mol. The van der Waals surface area contributed by atoms with Crippen molar-refractivity contribution in [2.24, 2.45) is 0 Å². The minimum Gasteiger partial charge on any atom is -0.385 e. The molecule has 0 unspecified atom stereocenters. The summed E-state index contributed by atoms with van der Waals surface area (Å²) in [4.78, 5) is 9.95. The molecule has 0 aliphatic heterocycles. The zero-order chi connectivity index (χ0) is 14.8. The van der Waals surface area contributed by atoms with Gasteiger partial charge in [-0.15, -0.1) is 0 Å². The van der Waals surface area contributed by atoms with Gasteiger partial charge in [-0.05, 0) is 5.56 Å². The topological polar surface area (TPSA) is 115 Å². The predicted octanol–water partition coefficient (Wildman–Crippen LogP) is 1.72. The second-order valence-corrected chi connectivity index (χ2v) is 6.96. The van der Waals surface area contributed by atoms with E-state index in [1.54, 1.807) is 24.3 Å². The van der Waals surface area contributed by atoms with E-state index in [1.807, 2.05) is 6.07 Å². The Morgan fingerprint density at radius 1 is 1.30 bits per heavy atom. The molecule has 2 aromatic rings. The maximum atomic E-state index is 12.0. The summed E-state index contributed by atoms with van der Waals surface area (Å²) in [6, 6.07) is 9.91. The molecule has 106 valence electrons. The number of anilines is 1. The molecular formula is C11H11N3O4S2. The Kier molecular flexibility index (Phi) is 4.02. The van der Waals surface area contributed by atoms with E-state index in [-0.39, 0.29) is 15.8 Å². The SMILES string of the molecule is Nc1sc(S(=O)(=O)NCc2ccccc2)cc1[N+](=O)[O-]. The van der Waals surface area contributed by atoms with E-state index >= 15 is 0 Å². The molecule has 0 saturated carbocycles. The van der Waals surface area contributed by atoms with Crippen molar-refractivity contribution < 1.29 is 13.3 Å². The highest BCUT2D eigenvalue weighted by molar-refractivity contribution is 7.91. The zero-order valence-electron chi connectivity index (χ0n) is 10.1. The molecule has 0 aliphatic carbocycles. The summed E-state index contributed by atoms with van der Waals surface area (Å²) in [6.45, 7) is 0.106. The van der Waals surface area contributed by atoms with E-state index < -0.39 is 20.6 Å². The number of thiophene rings is 1. The molecule has 0 saturated heterocycles. The van der Waals surface area contributed by atoms with Gasteiger partial charge in [0.1, 0.15) is 4.21 Å². The Balaban J connectivity index is 2.18. The van der Waals surface area contributed by atoms with Crippen LogP contribution in [-0.4, -0.2) is 13.3 Å². The lowest BCUT2D eigenvalue weighted by Crippen LogP contribution is -2.22. The maximum Gasteiger partial charge on any atom is 0.304 e. The fraction of sp³-hybridized carbons (Fsp3) is 0.0909. The van der Waals surface area contributed by atoms with E-state index in [2.05, 4.69) is 4.72 Å². The van der Waals surface area contributed by atoms with Gasteiger partial charge in [0.15, 0.2) is 5.00 Å². The van der Waals surface area contributed by atoms with Crippen molar-refractivity contribution in [3.8, 4) is 0 Å². The third-order valence-electron chi connectivity index (χ3n) is 2.49. The molecule has 0 aliphatic rings. The predicted molar refractivity (Wildman–Crippen MR) is 75.9 cm³/mol. The Morgan fingerprint density at radius 2 is 1.95 bits per heavy atom. The summed E-state index contributed by atoms with van der Waals surface area (Å²) in [7, 11) is -3.81. The summed E-state index contributed by atoms with van der Waals surface area (Å²) < 4.78 is 26.2. The van der Waals surface area contributed by atoms with Gasteiger partial charge in [-0.25, -0.2) is 13.1 Å². The molecule has 3 N–H and O–H groups in total. The Bertz CT molecular complexity index is 725. The molecule has 1 heterocycles. The average Bonchev–Trinajstić information content (AvgIpc) is 2.81. The van der Waals surface area contributed by atoms with Crippen molar-refractivity contribution in [2.45, 2.75) is 10.8 Å². The molecule has 1 aromatic heterocycles. The maximum absolute atomic E-state index is 12.0. The second-order valence-electron chi connectivity index (χ2n) is 3.88. The fourth-order valence-electron chi connectivity index (χ4n) is 1.49. The molecule has 0 spiro atoms. The number of nitrogens with one attached hydrogen (secondary N) is 1. The normalized spacial score (nSPS) is 11.4. The molecule has 20 heavy (non-hydrogen) atoms. The molecule has 0 radical (unpaired) electrons. The van der Waals surface area contributed by atoms with Gasteiger partial charge in [0.25, 0.3) is 10.0 Å². The lowest BCUT2D eigenvalue weighted by atomic mass is 10.2. The smallest absolute Gasteiger partial charge is 0.304 e. The number of nitrogens with two attached hydrogens (primary N) is 1. The summed E-state index contributed by atoms with van der Waals surface area (Å²) in [6.07, 6.45) is 0. The van der Waals surface area contributed by atoms with E-state index in [9.17, 15) is 18.5 Å². The second kappa shape index (κ2) is 5.57. The quantitative estimate of drug-likeness (QED) is 0.644. The Hall–Kier alpha value is -1.97. The first kappa shape index (κ1) is 14.4. The summed E-state index contributed by atoms with van der Waals surface area (Å²) in [5.41, 5.74) is 5.82. The Morgan fingerprint density at radius 3 is 2.50 bits per heavy atom. The largest absolute Gasteiger partial charge is 0.385 e. The van der Waals surface area contributed by atoms with Crippen LogP contribution in [0.5, 0.6) is 0 Å². The van der Waals surface area contributed by atoms with Crippen LogP contribution < -0.4 is 10.5 Å². The Labute approximate surface area is 119 Å². The van der Waals surface area contributed by atoms with Gasteiger partial charge in [-0.2, -0.15) is 0 Å². The third-order valence-corrected chi connectivity index (χ3v) is 5.32. The zero-order valence-corrected chi connectivity index (χ0v) is 11.8. The van der Waals surface area contributed by atoms with E-state index in [0.717, 1.165) is 11.6 Å². The van der Waals surface area contributed by atoms with Crippen molar-refractivity contribution in [3.05, 3.63) is 52.1 Å². The van der Waals surface area contributed by atoms with Gasteiger partial charge >= 0.3 is 5.69 Å². The van der Waals surface area contributed by atoms with Crippen LogP contribution in [0.15, 0.2) is 40.6 Å². The highest BCUT2D eigenvalue weighted by Crippen LogP contribution is 2.34. The standard InChI is InChI=1S/C11H11N3O4S2/c12-11-9(14(15)16)6-10(19-11)20(17,18)13-7-8-4-2-1-3-5-8/h1-6,13H,7,12H2. The van der Waals surface area contributed by atoms with Crippen LogP contribution in [0.25, 0.3) is 0 Å². The third kappa shape index (κ3) is 3.13. The van der Waals surface area contributed by atoms with Crippen molar-refractivity contribution in [1.29, 1.82) is 0 Å². The first-order valence-electron chi connectivity index (χ1n) is 5.47. The highest BCUT2D eigenvalue weighted by Gasteiger charge is 2.24. The van der Waals surface area contributed by atoms with Crippen LogP contribution in [0, 0.1) is 10.1 Å². The average molecular weight is 313 g/mol. The lowest BCUT2D eigenvalue weighted by Gasteiger charge is -2.04. The number of nitro groups is 1. The number of hydrogen-bond acceptors (Lipinski definition) is 6. The van der Waals surface area contributed by atoms with E-state index in [4.69, 9.17) is 5.73 Å². The van der Waals surface area contributed by atoms with Crippen molar-refractivity contribution in [1.82, 2.24) is 4.72 Å². The number of nitrogen functional groups attached to an aromatic ring is 1. The van der Waals surface area contributed by atoms with Crippen LogP contribution in [-0.2, 0) is 16.6 Å². The number of nitrogens with zero attached hydrogens (tertiary/aromatic N) is 1. The van der Waals surface area contributed by atoms with Crippen LogP contribution in [0.4, 0.5) is 10.7 Å². The van der Waals surface area contributed by atoms with E-state index in [1.165, 1.54) is 0 Å². The number of benzene rings is 1. The van der Waals surface area contributed by atoms with Crippen molar-refractivity contribution in [2.75, 3.05) is 5.73 Å². The fourth-order valence-corrected chi connectivity index (χ4v) is 3.77. The monoisotopic (exact) mass is 313 g/mol. The lowest BCUT2D eigenvalue weighted by molar-refractivity contribution is -0.383. The minimum absolute atomic E-state index is 0.106. The van der Waals surface area contributed by atoms with Gasteiger partial charge in [0.05, 0.1) is 4.92 Å². The van der Waals surface area contributed by atoms with Gasteiger partial charge in [0, 0.05) is 12.6 Å². The first-order chi connectivity index (χ1) is 9.40. The number of rotatable bonds is 5. The highest BCUT2D eigenvalue weighted by atomic mass is 32.2. The van der Waals surface area contributed by atoms with Gasteiger partial charge < -0.3 is 5.73 Å². The van der Waals surface area contributed by atoms with Crippen LogP contribution >= 0.6 is 11.3 Å².